The van der Waals surface area contributed by atoms with Crippen molar-refractivity contribution in [3.05, 3.63) is 58.1 Å². The van der Waals surface area contributed by atoms with Gasteiger partial charge in [0.25, 0.3) is 11.8 Å². The second-order valence-corrected chi connectivity index (χ2v) is 6.90. The first-order chi connectivity index (χ1) is 12.4. The van der Waals surface area contributed by atoms with Crippen LogP contribution in [0.25, 0.3) is 0 Å². The van der Waals surface area contributed by atoms with Crippen molar-refractivity contribution in [1.29, 1.82) is 0 Å². The Morgan fingerprint density at radius 2 is 1.69 bits per heavy atom. The number of carbonyl (C=O) groups excluding carboxylic acids is 2. The van der Waals surface area contributed by atoms with Crippen LogP contribution in [-0.2, 0) is 0 Å². The number of hydrazine groups is 1. The van der Waals surface area contributed by atoms with E-state index in [1.807, 2.05) is 13.8 Å². The summed E-state index contributed by atoms with van der Waals surface area (Å²) < 4.78 is 11.5. The average molecular weight is 421 g/mol. The van der Waals surface area contributed by atoms with Gasteiger partial charge in [0.1, 0.15) is 11.5 Å². The van der Waals surface area contributed by atoms with Crippen LogP contribution in [0.15, 0.2) is 46.9 Å². The fourth-order valence-electron chi connectivity index (χ4n) is 2.06. The van der Waals surface area contributed by atoms with Gasteiger partial charge in [0.05, 0.1) is 19.3 Å². The Hall–Kier alpha value is -2.54. The van der Waals surface area contributed by atoms with Crippen LogP contribution in [0.4, 0.5) is 0 Å². The molecule has 0 spiro atoms. The van der Waals surface area contributed by atoms with E-state index in [0.717, 1.165) is 4.47 Å². The van der Waals surface area contributed by atoms with E-state index in [9.17, 15) is 9.59 Å². The van der Waals surface area contributed by atoms with Crippen molar-refractivity contribution < 1.29 is 19.1 Å². The largest absolute Gasteiger partial charge is 0.497 e. The molecule has 0 aliphatic heterocycles. The molecular weight excluding hydrogens is 400 g/mol. The van der Waals surface area contributed by atoms with E-state index in [2.05, 4.69) is 26.8 Å². The van der Waals surface area contributed by atoms with Crippen LogP contribution in [0, 0.1) is 5.92 Å². The molecule has 0 saturated heterocycles. The molecule has 6 nitrogen and oxygen atoms in total. The number of amides is 2. The van der Waals surface area contributed by atoms with Crippen LogP contribution >= 0.6 is 15.9 Å². The van der Waals surface area contributed by atoms with Gasteiger partial charge in [0.2, 0.25) is 0 Å². The highest BCUT2D eigenvalue weighted by atomic mass is 79.9. The zero-order valence-electron chi connectivity index (χ0n) is 14.8. The number of hydrogen-bond donors (Lipinski definition) is 2. The normalized spacial score (nSPS) is 10.3. The Bertz CT molecular complexity index is 776. The van der Waals surface area contributed by atoms with Gasteiger partial charge in [0.15, 0.2) is 0 Å². The molecule has 0 heterocycles. The summed E-state index contributed by atoms with van der Waals surface area (Å²) in [5.41, 5.74) is 5.53. The molecule has 0 aliphatic rings. The first kappa shape index (κ1) is 19.8. The number of halogens is 1. The summed E-state index contributed by atoms with van der Waals surface area (Å²) >= 11 is 3.34. The van der Waals surface area contributed by atoms with Crippen molar-refractivity contribution in [2.75, 3.05) is 13.7 Å². The lowest BCUT2D eigenvalue weighted by Gasteiger charge is -2.14. The summed E-state index contributed by atoms with van der Waals surface area (Å²) in [5.74, 6) is 0.529. The maximum absolute atomic E-state index is 12.5. The lowest BCUT2D eigenvalue weighted by molar-refractivity contribution is 0.0844. The van der Waals surface area contributed by atoms with E-state index in [0.29, 0.717) is 35.2 Å². The quantitative estimate of drug-likeness (QED) is 0.700. The van der Waals surface area contributed by atoms with E-state index in [1.165, 1.54) is 0 Å². The summed E-state index contributed by atoms with van der Waals surface area (Å²) in [6.07, 6.45) is 0. The second kappa shape index (κ2) is 9.24. The maximum Gasteiger partial charge on any atom is 0.273 e. The minimum absolute atomic E-state index is 0.323. The van der Waals surface area contributed by atoms with Crippen molar-refractivity contribution in [2.24, 2.45) is 5.92 Å². The SMILES string of the molecule is COc1ccc(C(=O)NNC(=O)c2cc(Br)ccc2OCC(C)C)cc1. The molecule has 2 rings (SSSR count). The molecule has 0 saturated carbocycles. The fourth-order valence-corrected chi connectivity index (χ4v) is 2.42. The van der Waals surface area contributed by atoms with E-state index < -0.39 is 11.8 Å². The fraction of sp³-hybridized carbons (Fsp3) is 0.263. The van der Waals surface area contributed by atoms with Gasteiger partial charge in [0, 0.05) is 10.0 Å². The van der Waals surface area contributed by atoms with Crippen molar-refractivity contribution >= 4 is 27.7 Å². The first-order valence-electron chi connectivity index (χ1n) is 8.07. The molecule has 2 N–H and O–H groups in total. The smallest absolute Gasteiger partial charge is 0.273 e. The van der Waals surface area contributed by atoms with Crippen LogP contribution < -0.4 is 20.3 Å². The summed E-state index contributed by atoms with van der Waals surface area (Å²) in [6, 6.07) is 11.7. The second-order valence-electron chi connectivity index (χ2n) is 5.98. The first-order valence-corrected chi connectivity index (χ1v) is 8.87. The van der Waals surface area contributed by atoms with E-state index >= 15 is 0 Å². The molecule has 0 unspecified atom stereocenters. The molecule has 138 valence electrons. The monoisotopic (exact) mass is 420 g/mol. The molecular formula is C19H21BrN2O4. The van der Waals surface area contributed by atoms with Gasteiger partial charge in [-0.1, -0.05) is 29.8 Å². The van der Waals surface area contributed by atoms with Crippen LogP contribution in [0.3, 0.4) is 0 Å². The highest BCUT2D eigenvalue weighted by Gasteiger charge is 2.15. The Balaban J connectivity index is 2.04. The minimum Gasteiger partial charge on any atom is -0.497 e. The van der Waals surface area contributed by atoms with Gasteiger partial charge >= 0.3 is 0 Å². The number of nitrogens with one attached hydrogen (secondary N) is 2. The Labute approximate surface area is 161 Å². The highest BCUT2D eigenvalue weighted by Crippen LogP contribution is 2.23. The molecule has 2 aromatic carbocycles. The van der Waals surface area contributed by atoms with Gasteiger partial charge in [-0.25, -0.2) is 0 Å². The lowest BCUT2D eigenvalue weighted by Crippen LogP contribution is -2.41. The van der Waals surface area contributed by atoms with E-state index in [1.54, 1.807) is 49.6 Å². The topological polar surface area (TPSA) is 76.7 Å². The van der Waals surface area contributed by atoms with Crippen molar-refractivity contribution in [1.82, 2.24) is 10.9 Å². The van der Waals surface area contributed by atoms with E-state index in [4.69, 9.17) is 9.47 Å². The molecule has 0 radical (unpaired) electrons. The number of methoxy groups -OCH3 is 1. The molecule has 0 bridgehead atoms. The number of rotatable bonds is 6. The predicted molar refractivity (Wildman–Crippen MR) is 102 cm³/mol. The standard InChI is InChI=1S/C19H21BrN2O4/c1-12(2)11-26-17-9-6-14(20)10-16(17)19(24)22-21-18(23)13-4-7-15(25-3)8-5-13/h4-10,12H,11H2,1-3H3,(H,21,23)(H,22,24). The van der Waals surface area contributed by atoms with Crippen molar-refractivity contribution in [3.8, 4) is 11.5 Å². The van der Waals surface area contributed by atoms with Crippen molar-refractivity contribution in [3.63, 3.8) is 0 Å². The molecule has 0 aliphatic carbocycles. The maximum atomic E-state index is 12.5. The molecule has 0 aromatic heterocycles. The average Bonchev–Trinajstić information content (AvgIpc) is 2.64. The Morgan fingerprint density at radius 1 is 1.04 bits per heavy atom. The third kappa shape index (κ3) is 5.49. The lowest BCUT2D eigenvalue weighted by atomic mass is 10.2. The molecule has 2 amide bonds. The van der Waals surface area contributed by atoms with Crippen molar-refractivity contribution in [2.45, 2.75) is 13.8 Å². The van der Waals surface area contributed by atoms with Gasteiger partial charge in [-0.2, -0.15) is 0 Å². The number of ether oxygens (including phenoxy) is 2. The van der Waals surface area contributed by atoms with Gasteiger partial charge in [-0.05, 0) is 48.4 Å². The molecule has 0 fully saturated rings. The van der Waals surface area contributed by atoms with Crippen LogP contribution in [0.2, 0.25) is 0 Å². The Morgan fingerprint density at radius 3 is 2.31 bits per heavy atom. The zero-order chi connectivity index (χ0) is 19.1. The summed E-state index contributed by atoms with van der Waals surface area (Å²) in [5, 5.41) is 0. The predicted octanol–water partition coefficient (Wildman–Crippen LogP) is 3.57. The highest BCUT2D eigenvalue weighted by molar-refractivity contribution is 9.10. The Kier molecular flexibility index (Phi) is 7.03. The van der Waals surface area contributed by atoms with Crippen LogP contribution in [0.1, 0.15) is 34.6 Å². The number of carbonyl (C=O) groups is 2. The van der Waals surface area contributed by atoms with Gasteiger partial charge < -0.3 is 9.47 Å². The van der Waals surface area contributed by atoms with E-state index in [-0.39, 0.29) is 0 Å². The third-order valence-corrected chi connectivity index (χ3v) is 3.89. The van der Waals surface area contributed by atoms with Gasteiger partial charge in [-0.3, -0.25) is 20.4 Å². The number of benzene rings is 2. The van der Waals surface area contributed by atoms with Gasteiger partial charge in [-0.15, -0.1) is 0 Å². The molecule has 26 heavy (non-hydrogen) atoms. The zero-order valence-corrected chi connectivity index (χ0v) is 16.4. The third-order valence-electron chi connectivity index (χ3n) is 3.40. The summed E-state index contributed by atoms with van der Waals surface area (Å²) in [6.45, 7) is 4.53. The molecule has 2 aromatic rings. The summed E-state index contributed by atoms with van der Waals surface area (Å²) in [7, 11) is 1.55. The van der Waals surface area contributed by atoms with Crippen LogP contribution in [-0.4, -0.2) is 25.5 Å². The minimum atomic E-state index is -0.466. The molecule has 0 atom stereocenters. The summed E-state index contributed by atoms with van der Waals surface area (Å²) in [4.78, 5) is 24.6. The molecule has 7 heteroatoms. The number of hydrogen-bond acceptors (Lipinski definition) is 4. The van der Waals surface area contributed by atoms with Crippen LogP contribution in [0.5, 0.6) is 11.5 Å².